The van der Waals surface area contributed by atoms with Crippen molar-refractivity contribution >= 4 is 37.9 Å². The molecule has 1 saturated heterocycles. The van der Waals surface area contributed by atoms with Crippen LogP contribution >= 0.6 is 23.5 Å². The second-order valence-electron chi connectivity index (χ2n) is 6.09. The Kier molecular flexibility index (Phi) is 8.28. The molecule has 0 amide bonds. The van der Waals surface area contributed by atoms with E-state index in [1.807, 2.05) is 0 Å². The Bertz CT molecular complexity index is 321. The maximum atomic E-state index is 11.1. The molecule has 19 heavy (non-hydrogen) atoms. The molecule has 0 N–H and O–H groups in total. The van der Waals surface area contributed by atoms with Crippen LogP contribution in [0.25, 0.3) is 0 Å². The van der Waals surface area contributed by atoms with Gasteiger partial charge in [-0.3, -0.25) is 0 Å². The average Bonchev–Trinajstić information content (AvgIpc) is 2.38. The van der Waals surface area contributed by atoms with Gasteiger partial charge in [0.1, 0.15) is 14.4 Å². The molecular formula is C15H26OS2Si. The van der Waals surface area contributed by atoms with Gasteiger partial charge >= 0.3 is 0 Å². The number of thioether (sulfide) groups is 2. The number of rotatable bonds is 6. The number of carbonyl (C=O) groups is 1. The fraction of sp³-hybridized carbons (Fsp3) is 0.800. The highest BCUT2D eigenvalue weighted by Gasteiger charge is 2.16. The van der Waals surface area contributed by atoms with Gasteiger partial charge in [0, 0.05) is 12.3 Å². The van der Waals surface area contributed by atoms with Crippen molar-refractivity contribution in [2.45, 2.75) is 56.3 Å². The molecule has 0 spiro atoms. The topological polar surface area (TPSA) is 17.1 Å². The number of hydrogen-bond donors (Lipinski definition) is 0. The summed E-state index contributed by atoms with van der Waals surface area (Å²) in [4.78, 5) is 11.1. The van der Waals surface area contributed by atoms with E-state index in [0.717, 1.165) is 30.1 Å². The lowest BCUT2D eigenvalue weighted by Crippen LogP contribution is -2.16. The largest absolute Gasteiger partial charge is 0.303 e. The molecule has 1 fully saturated rings. The summed E-state index contributed by atoms with van der Waals surface area (Å²) in [7, 11) is -1.24. The Morgan fingerprint density at radius 2 is 1.95 bits per heavy atom. The molecule has 1 aliphatic rings. The highest BCUT2D eigenvalue weighted by atomic mass is 32.2. The number of hydrogen-bond acceptors (Lipinski definition) is 3. The minimum Gasteiger partial charge on any atom is -0.303 e. The lowest BCUT2D eigenvalue weighted by Gasteiger charge is -2.21. The van der Waals surface area contributed by atoms with Gasteiger partial charge in [-0.2, -0.15) is 0 Å². The smallest absolute Gasteiger partial charge is 0.129 e. The van der Waals surface area contributed by atoms with Crippen molar-refractivity contribution < 1.29 is 4.79 Å². The Balaban J connectivity index is 2.21. The summed E-state index contributed by atoms with van der Waals surface area (Å²) < 4.78 is 0.726. The standard InChI is InChI=1S/C15H26OS2Si/c1-19(2,3)12-5-4-7-14(13-16)8-9-15-17-10-6-11-18-15/h13-15H,4,6-11H2,1-3H3. The Labute approximate surface area is 128 Å². The van der Waals surface area contributed by atoms with Crippen LogP contribution in [0.4, 0.5) is 0 Å². The predicted octanol–water partition coefficient (Wildman–Crippen LogP) is 4.44. The molecule has 0 bridgehead atoms. The van der Waals surface area contributed by atoms with Crippen LogP contribution in [0.3, 0.4) is 0 Å². The van der Waals surface area contributed by atoms with E-state index in [9.17, 15) is 4.79 Å². The van der Waals surface area contributed by atoms with Crippen molar-refractivity contribution in [2.75, 3.05) is 11.5 Å². The number of aldehydes is 1. The first-order valence-electron chi connectivity index (χ1n) is 7.20. The maximum absolute atomic E-state index is 11.1. The lowest BCUT2D eigenvalue weighted by molar-refractivity contribution is -0.111. The molecule has 0 radical (unpaired) electrons. The van der Waals surface area contributed by atoms with Crippen LogP contribution in [0.1, 0.15) is 32.1 Å². The molecule has 1 unspecified atom stereocenters. The van der Waals surface area contributed by atoms with Gasteiger partial charge in [0.25, 0.3) is 0 Å². The zero-order valence-electron chi connectivity index (χ0n) is 12.4. The van der Waals surface area contributed by atoms with E-state index >= 15 is 0 Å². The van der Waals surface area contributed by atoms with Crippen LogP contribution in [0.15, 0.2) is 0 Å². The van der Waals surface area contributed by atoms with Crippen LogP contribution in [-0.4, -0.2) is 30.4 Å². The summed E-state index contributed by atoms with van der Waals surface area (Å²) >= 11 is 4.14. The average molecular weight is 315 g/mol. The van der Waals surface area contributed by atoms with E-state index in [-0.39, 0.29) is 5.92 Å². The molecule has 0 aromatic carbocycles. The third-order valence-corrected chi connectivity index (χ3v) is 6.97. The Hall–Kier alpha value is 0.147. The van der Waals surface area contributed by atoms with E-state index in [0.29, 0.717) is 0 Å². The van der Waals surface area contributed by atoms with Gasteiger partial charge in [-0.1, -0.05) is 19.6 Å². The predicted molar refractivity (Wildman–Crippen MR) is 92.5 cm³/mol. The van der Waals surface area contributed by atoms with Gasteiger partial charge < -0.3 is 4.79 Å². The third kappa shape index (κ3) is 8.83. The van der Waals surface area contributed by atoms with E-state index in [1.54, 1.807) is 0 Å². The zero-order chi connectivity index (χ0) is 14.1. The van der Waals surface area contributed by atoms with Crippen molar-refractivity contribution in [3.63, 3.8) is 0 Å². The molecule has 1 nitrogen and oxygen atoms in total. The van der Waals surface area contributed by atoms with E-state index < -0.39 is 8.07 Å². The molecule has 108 valence electrons. The van der Waals surface area contributed by atoms with Crippen LogP contribution in [0.2, 0.25) is 19.6 Å². The van der Waals surface area contributed by atoms with Crippen molar-refractivity contribution in [3.8, 4) is 11.5 Å². The fourth-order valence-corrected chi connectivity index (χ4v) is 5.47. The Morgan fingerprint density at radius 1 is 1.26 bits per heavy atom. The Morgan fingerprint density at radius 3 is 2.53 bits per heavy atom. The van der Waals surface area contributed by atoms with Crippen molar-refractivity contribution in [3.05, 3.63) is 0 Å². The van der Waals surface area contributed by atoms with Crippen LogP contribution in [0.5, 0.6) is 0 Å². The quantitative estimate of drug-likeness (QED) is 0.410. The minimum atomic E-state index is -1.24. The summed E-state index contributed by atoms with van der Waals surface area (Å²) in [6.45, 7) is 6.78. The van der Waals surface area contributed by atoms with E-state index in [4.69, 9.17) is 0 Å². The first kappa shape index (κ1) is 17.2. The molecule has 0 aliphatic carbocycles. The molecule has 0 saturated carbocycles. The van der Waals surface area contributed by atoms with Gasteiger partial charge in [0.05, 0.1) is 4.58 Å². The van der Waals surface area contributed by atoms with E-state index in [2.05, 4.69) is 54.6 Å². The van der Waals surface area contributed by atoms with Crippen molar-refractivity contribution in [1.29, 1.82) is 0 Å². The molecule has 1 atom stereocenters. The second-order valence-corrected chi connectivity index (χ2v) is 13.8. The van der Waals surface area contributed by atoms with Crippen molar-refractivity contribution in [2.24, 2.45) is 5.92 Å². The first-order chi connectivity index (χ1) is 9.01. The molecule has 1 rings (SSSR count). The molecule has 4 heteroatoms. The summed E-state index contributed by atoms with van der Waals surface area (Å²) in [6, 6.07) is 0. The molecule has 0 aromatic rings. The minimum absolute atomic E-state index is 0.221. The van der Waals surface area contributed by atoms with Gasteiger partial charge in [-0.15, -0.1) is 35.0 Å². The van der Waals surface area contributed by atoms with Crippen LogP contribution in [0, 0.1) is 17.4 Å². The third-order valence-electron chi connectivity index (χ3n) is 2.97. The van der Waals surface area contributed by atoms with Crippen LogP contribution in [-0.2, 0) is 4.79 Å². The maximum Gasteiger partial charge on any atom is 0.129 e. The van der Waals surface area contributed by atoms with Gasteiger partial charge in [-0.05, 0) is 37.2 Å². The fourth-order valence-electron chi connectivity index (χ4n) is 1.92. The summed E-state index contributed by atoms with van der Waals surface area (Å²) in [5, 5.41) is 0. The molecular weight excluding hydrogens is 288 g/mol. The normalized spacial score (nSPS) is 18.5. The first-order valence-corrected chi connectivity index (χ1v) is 12.8. The lowest BCUT2D eigenvalue weighted by atomic mass is 10.00. The SMILES string of the molecule is C[Si](C)(C)C#CCCC(C=O)CCC1SCCCS1. The number of carbonyl (C=O) groups excluding carboxylic acids is 1. The highest BCUT2D eigenvalue weighted by molar-refractivity contribution is 8.17. The molecule has 0 aromatic heterocycles. The zero-order valence-corrected chi connectivity index (χ0v) is 15.0. The monoisotopic (exact) mass is 314 g/mol. The summed E-state index contributed by atoms with van der Waals surface area (Å²) in [6.07, 6.45) is 6.55. The van der Waals surface area contributed by atoms with Gasteiger partial charge in [0.15, 0.2) is 0 Å². The van der Waals surface area contributed by atoms with E-state index in [1.165, 1.54) is 24.3 Å². The van der Waals surface area contributed by atoms with Crippen LogP contribution < -0.4 is 0 Å². The highest BCUT2D eigenvalue weighted by Crippen LogP contribution is 2.34. The van der Waals surface area contributed by atoms with Gasteiger partial charge in [0.2, 0.25) is 0 Å². The van der Waals surface area contributed by atoms with Crippen molar-refractivity contribution in [1.82, 2.24) is 0 Å². The summed E-state index contributed by atoms with van der Waals surface area (Å²) in [5.74, 6) is 6.09. The second kappa shape index (κ2) is 9.15. The summed E-state index contributed by atoms with van der Waals surface area (Å²) in [5.41, 5.74) is 3.37. The molecule has 1 heterocycles. The van der Waals surface area contributed by atoms with Gasteiger partial charge in [-0.25, -0.2) is 0 Å². The molecule has 1 aliphatic heterocycles.